The van der Waals surface area contributed by atoms with Crippen LogP contribution < -0.4 is 4.74 Å². The number of rotatable bonds is 5. The molecule has 0 atom stereocenters. The smallest absolute Gasteiger partial charge is 0.287 e. The Morgan fingerprint density at radius 3 is 2.70 bits per heavy atom. The summed E-state index contributed by atoms with van der Waals surface area (Å²) in [5, 5.41) is 10.3. The summed E-state index contributed by atoms with van der Waals surface area (Å²) in [6, 6.07) is 7.23. The average Bonchev–Trinajstić information content (AvgIpc) is 2.88. The molecular formula is C13H10ClNO5. The number of hydrogen-bond donors (Lipinski definition) is 0. The van der Waals surface area contributed by atoms with E-state index in [2.05, 4.69) is 0 Å². The van der Waals surface area contributed by atoms with Gasteiger partial charge in [0.25, 0.3) is 10.9 Å². The van der Waals surface area contributed by atoms with Gasteiger partial charge < -0.3 is 9.15 Å². The highest BCUT2D eigenvalue weighted by atomic mass is 35.5. The molecule has 0 aliphatic heterocycles. The Balaban J connectivity index is 2.49. The van der Waals surface area contributed by atoms with Crippen molar-refractivity contribution in [2.75, 3.05) is 6.61 Å². The number of nitro benzene ring substituents is 1. The Kier molecular flexibility index (Phi) is 4.05. The van der Waals surface area contributed by atoms with Crippen molar-refractivity contribution < 1.29 is 18.9 Å². The molecule has 0 aliphatic rings. The molecule has 1 heterocycles. The molecule has 6 nitrogen and oxygen atoms in total. The Morgan fingerprint density at radius 2 is 2.15 bits per heavy atom. The number of carbonyl (C=O) groups excluding carboxylic acids is 1. The van der Waals surface area contributed by atoms with Gasteiger partial charge in [-0.2, -0.15) is 0 Å². The number of nitrogens with zero attached hydrogens (tertiary/aromatic N) is 1. The van der Waals surface area contributed by atoms with Gasteiger partial charge in [0.2, 0.25) is 0 Å². The molecule has 0 bridgehead atoms. The third kappa shape index (κ3) is 2.80. The summed E-state index contributed by atoms with van der Waals surface area (Å²) in [6.07, 6.45) is 0. The number of furan rings is 1. The van der Waals surface area contributed by atoms with Gasteiger partial charge in [0.05, 0.1) is 23.2 Å². The van der Waals surface area contributed by atoms with Crippen LogP contribution in [0.2, 0.25) is 0 Å². The summed E-state index contributed by atoms with van der Waals surface area (Å²) in [4.78, 5) is 21.5. The zero-order valence-electron chi connectivity index (χ0n) is 10.5. The summed E-state index contributed by atoms with van der Waals surface area (Å²) in [7, 11) is 0. The molecule has 20 heavy (non-hydrogen) atoms. The number of nitro groups is 1. The van der Waals surface area contributed by atoms with E-state index in [0.717, 1.165) is 0 Å². The van der Waals surface area contributed by atoms with Crippen molar-refractivity contribution in [1.29, 1.82) is 0 Å². The summed E-state index contributed by atoms with van der Waals surface area (Å²) in [5.41, 5.74) is 0.0847. The average molecular weight is 296 g/mol. The Bertz CT molecular complexity index is 665. The maximum atomic E-state index is 11.1. The molecule has 0 aliphatic carbocycles. The number of ether oxygens (including phenoxy) is 1. The fourth-order valence-corrected chi connectivity index (χ4v) is 1.82. The van der Waals surface area contributed by atoms with Gasteiger partial charge in [0.1, 0.15) is 11.5 Å². The van der Waals surface area contributed by atoms with Crippen LogP contribution in [0.25, 0.3) is 11.3 Å². The lowest BCUT2D eigenvalue weighted by molar-refractivity contribution is -0.384. The third-order valence-corrected chi connectivity index (χ3v) is 2.73. The van der Waals surface area contributed by atoms with Gasteiger partial charge >= 0.3 is 0 Å². The Hall–Kier alpha value is -2.34. The molecule has 0 fully saturated rings. The van der Waals surface area contributed by atoms with Crippen LogP contribution in [0.1, 0.15) is 17.5 Å². The second-order valence-electron chi connectivity index (χ2n) is 3.81. The summed E-state index contributed by atoms with van der Waals surface area (Å²) >= 11 is 5.29. The first-order valence-corrected chi connectivity index (χ1v) is 6.12. The van der Waals surface area contributed by atoms with Crippen LogP contribution in [0, 0.1) is 10.1 Å². The second kappa shape index (κ2) is 5.75. The first kappa shape index (κ1) is 14.1. The van der Waals surface area contributed by atoms with Gasteiger partial charge in [0.15, 0.2) is 5.76 Å². The summed E-state index contributed by atoms with van der Waals surface area (Å²) in [5.74, 6) is 0.525. The maximum Gasteiger partial charge on any atom is 0.287 e. The topological polar surface area (TPSA) is 82.6 Å². The van der Waals surface area contributed by atoms with Crippen LogP contribution in [0.3, 0.4) is 0 Å². The first-order valence-electron chi connectivity index (χ1n) is 5.74. The van der Waals surface area contributed by atoms with E-state index in [1.165, 1.54) is 24.3 Å². The Labute approximate surface area is 119 Å². The molecule has 2 aromatic rings. The van der Waals surface area contributed by atoms with Gasteiger partial charge in [-0.1, -0.05) is 0 Å². The van der Waals surface area contributed by atoms with E-state index < -0.39 is 10.2 Å². The van der Waals surface area contributed by atoms with Gasteiger partial charge in [-0.15, -0.1) is 0 Å². The summed E-state index contributed by atoms with van der Waals surface area (Å²) < 4.78 is 10.4. The van der Waals surface area contributed by atoms with Gasteiger partial charge in [-0.3, -0.25) is 14.9 Å². The predicted octanol–water partition coefficient (Wildman–Crippen LogP) is 3.63. The fraction of sp³-hybridized carbons (Fsp3) is 0.154. The van der Waals surface area contributed by atoms with Crippen LogP contribution in [0.4, 0.5) is 5.69 Å². The number of benzene rings is 1. The van der Waals surface area contributed by atoms with Crippen molar-refractivity contribution in [1.82, 2.24) is 0 Å². The van der Waals surface area contributed by atoms with Gasteiger partial charge in [-0.25, -0.2) is 0 Å². The van der Waals surface area contributed by atoms with Crippen molar-refractivity contribution >= 4 is 22.5 Å². The van der Waals surface area contributed by atoms with Crippen molar-refractivity contribution in [3.05, 3.63) is 46.2 Å². The summed E-state index contributed by atoms with van der Waals surface area (Å²) in [6.45, 7) is 2.19. The normalized spacial score (nSPS) is 10.3. The van der Waals surface area contributed by atoms with Crippen molar-refractivity contribution in [2.24, 2.45) is 0 Å². The number of hydrogen-bond acceptors (Lipinski definition) is 5. The first-order chi connectivity index (χ1) is 9.52. The molecule has 0 spiro atoms. The van der Waals surface area contributed by atoms with Crippen LogP contribution >= 0.6 is 11.6 Å². The molecule has 0 N–H and O–H groups in total. The fourth-order valence-electron chi connectivity index (χ4n) is 1.72. The molecule has 0 saturated carbocycles. The minimum atomic E-state index is -0.759. The van der Waals surface area contributed by atoms with E-state index >= 15 is 0 Å². The monoisotopic (exact) mass is 295 g/mol. The molecule has 1 aromatic heterocycles. The quantitative estimate of drug-likeness (QED) is 0.478. The molecule has 1 aromatic carbocycles. The molecule has 2 rings (SSSR count). The molecular weight excluding hydrogens is 286 g/mol. The highest BCUT2D eigenvalue weighted by Gasteiger charge is 2.20. The largest absolute Gasteiger partial charge is 0.494 e. The van der Waals surface area contributed by atoms with E-state index in [4.69, 9.17) is 20.8 Å². The zero-order valence-corrected chi connectivity index (χ0v) is 11.2. The molecule has 0 amide bonds. The maximum absolute atomic E-state index is 11.1. The van der Waals surface area contributed by atoms with Crippen molar-refractivity contribution in [3.63, 3.8) is 0 Å². The van der Waals surface area contributed by atoms with Crippen LogP contribution in [-0.2, 0) is 0 Å². The van der Waals surface area contributed by atoms with Crippen LogP contribution in [0.5, 0.6) is 5.75 Å². The minimum absolute atomic E-state index is 0.0650. The highest BCUT2D eigenvalue weighted by molar-refractivity contribution is 6.67. The molecule has 0 saturated heterocycles. The highest BCUT2D eigenvalue weighted by Crippen LogP contribution is 2.34. The standard InChI is InChI=1S/C13H10ClNO5/c1-2-19-8-3-4-9(10(7-8)15(17)18)11-5-6-12(20-11)13(14)16/h3-7H,2H2,1H3. The van der Waals surface area contributed by atoms with Crippen molar-refractivity contribution in [3.8, 4) is 17.1 Å². The molecule has 0 radical (unpaired) electrons. The molecule has 104 valence electrons. The van der Waals surface area contributed by atoms with Crippen molar-refractivity contribution in [2.45, 2.75) is 6.92 Å². The van der Waals surface area contributed by atoms with E-state index in [0.29, 0.717) is 12.4 Å². The lowest BCUT2D eigenvalue weighted by Gasteiger charge is -2.05. The second-order valence-corrected chi connectivity index (χ2v) is 4.15. The van der Waals surface area contributed by atoms with E-state index in [-0.39, 0.29) is 22.8 Å². The Morgan fingerprint density at radius 1 is 1.40 bits per heavy atom. The molecule has 0 unspecified atom stereocenters. The molecule has 7 heteroatoms. The minimum Gasteiger partial charge on any atom is -0.494 e. The lowest BCUT2D eigenvalue weighted by atomic mass is 10.1. The van der Waals surface area contributed by atoms with E-state index in [9.17, 15) is 14.9 Å². The van der Waals surface area contributed by atoms with Gasteiger partial charge in [0, 0.05) is 0 Å². The number of halogens is 1. The van der Waals surface area contributed by atoms with E-state index in [1.54, 1.807) is 13.0 Å². The lowest BCUT2D eigenvalue weighted by Crippen LogP contribution is -1.95. The number of carbonyl (C=O) groups is 1. The van der Waals surface area contributed by atoms with Crippen LogP contribution in [0.15, 0.2) is 34.7 Å². The van der Waals surface area contributed by atoms with E-state index in [1.807, 2.05) is 0 Å². The van der Waals surface area contributed by atoms with Gasteiger partial charge in [-0.05, 0) is 42.8 Å². The zero-order chi connectivity index (χ0) is 14.7. The van der Waals surface area contributed by atoms with Crippen LogP contribution in [-0.4, -0.2) is 16.8 Å². The third-order valence-electron chi connectivity index (χ3n) is 2.54. The predicted molar refractivity (Wildman–Crippen MR) is 72.2 cm³/mol. The SMILES string of the molecule is CCOc1ccc(-c2ccc(C(=O)Cl)o2)c([N+](=O)[O-])c1.